The van der Waals surface area contributed by atoms with Crippen LogP contribution in [-0.4, -0.2) is 5.11 Å². The van der Waals surface area contributed by atoms with Crippen molar-refractivity contribution in [1.82, 2.24) is 0 Å². The van der Waals surface area contributed by atoms with Crippen molar-refractivity contribution >= 4 is 43.1 Å². The molecule has 0 aliphatic heterocycles. The normalized spacial score (nSPS) is 12.1. The molecule has 0 fully saturated rings. The second-order valence-corrected chi connectivity index (χ2v) is 6.91. The van der Waals surface area contributed by atoms with E-state index in [1.165, 1.54) is 43.3 Å². The third kappa shape index (κ3) is 1.84. The number of aryl methyl sites for hydroxylation is 2. The zero-order valence-corrected chi connectivity index (χ0v) is 14.6. The molecule has 1 nitrogen and oxygen atoms in total. The Labute approximate surface area is 146 Å². The van der Waals surface area contributed by atoms with Crippen molar-refractivity contribution in [1.29, 1.82) is 0 Å². The highest BCUT2D eigenvalue weighted by Crippen LogP contribution is 2.44. The van der Waals surface area contributed by atoms with Crippen molar-refractivity contribution in [3.05, 3.63) is 65.7 Å². The van der Waals surface area contributed by atoms with Crippen LogP contribution in [-0.2, 0) is 12.8 Å². The summed E-state index contributed by atoms with van der Waals surface area (Å²) in [6, 6.07) is 19.8. The first-order chi connectivity index (χ1) is 12.2. The highest BCUT2D eigenvalue weighted by Gasteiger charge is 2.17. The van der Waals surface area contributed by atoms with Gasteiger partial charge in [-0.2, -0.15) is 0 Å². The van der Waals surface area contributed by atoms with Gasteiger partial charge in [-0.15, -0.1) is 0 Å². The van der Waals surface area contributed by atoms with Crippen molar-refractivity contribution in [2.75, 3.05) is 0 Å². The Balaban J connectivity index is 2.21. The van der Waals surface area contributed by atoms with Crippen LogP contribution in [0.5, 0.6) is 5.75 Å². The van der Waals surface area contributed by atoms with Gasteiger partial charge in [0.1, 0.15) is 5.75 Å². The van der Waals surface area contributed by atoms with Gasteiger partial charge >= 0.3 is 0 Å². The van der Waals surface area contributed by atoms with Gasteiger partial charge in [0.2, 0.25) is 0 Å². The molecule has 5 aromatic carbocycles. The van der Waals surface area contributed by atoms with E-state index in [0.29, 0.717) is 5.75 Å². The summed E-state index contributed by atoms with van der Waals surface area (Å²) < 4.78 is 0. The lowest BCUT2D eigenvalue weighted by atomic mass is 9.87. The Morgan fingerprint density at radius 2 is 1.32 bits per heavy atom. The molecule has 0 radical (unpaired) electrons. The Bertz CT molecular complexity index is 1210. The Hall–Kier alpha value is -2.80. The van der Waals surface area contributed by atoms with Crippen LogP contribution in [0.3, 0.4) is 0 Å². The lowest BCUT2D eigenvalue weighted by molar-refractivity contribution is 0.475. The Morgan fingerprint density at radius 3 is 1.96 bits per heavy atom. The first kappa shape index (κ1) is 14.5. The van der Waals surface area contributed by atoms with Crippen LogP contribution in [0.15, 0.2) is 54.6 Å². The molecule has 1 N–H and O–H groups in total. The number of rotatable bonds is 2. The first-order valence-electron chi connectivity index (χ1n) is 9.07. The molecular weight excluding hydrogens is 304 g/mol. The van der Waals surface area contributed by atoms with Gasteiger partial charge in [0.15, 0.2) is 0 Å². The van der Waals surface area contributed by atoms with Gasteiger partial charge in [-0.1, -0.05) is 56.3 Å². The van der Waals surface area contributed by atoms with Gasteiger partial charge in [0, 0.05) is 10.8 Å². The molecule has 0 aliphatic rings. The predicted molar refractivity (Wildman–Crippen MR) is 108 cm³/mol. The van der Waals surface area contributed by atoms with E-state index in [9.17, 15) is 5.11 Å². The molecule has 0 bridgehead atoms. The van der Waals surface area contributed by atoms with Crippen molar-refractivity contribution in [3.8, 4) is 5.75 Å². The summed E-state index contributed by atoms with van der Waals surface area (Å²) in [5.74, 6) is 0.448. The quantitative estimate of drug-likeness (QED) is 0.288. The van der Waals surface area contributed by atoms with Gasteiger partial charge < -0.3 is 5.11 Å². The molecule has 0 saturated carbocycles. The number of aromatic hydroxyl groups is 1. The molecular formula is C24H20O. The maximum absolute atomic E-state index is 10.9. The van der Waals surface area contributed by atoms with Gasteiger partial charge in [-0.3, -0.25) is 0 Å². The predicted octanol–water partition coefficient (Wildman–Crippen LogP) is 6.57. The molecule has 0 heterocycles. The molecule has 5 rings (SSSR count). The molecule has 0 aliphatic carbocycles. The molecule has 0 atom stereocenters. The number of benzene rings is 5. The standard InChI is InChI=1S/C24H20O/c1-3-14-11-19-17-9-5-7-16-8-6-10-18(22(16)17)20-13-15(4-2)24(25)21(12-14)23(19)20/h5-13,25H,3-4H2,1-2H3. The molecule has 0 aromatic heterocycles. The minimum absolute atomic E-state index is 0.448. The molecule has 25 heavy (non-hydrogen) atoms. The fraction of sp³-hybridized carbons (Fsp3) is 0.167. The number of hydrogen-bond acceptors (Lipinski definition) is 1. The Morgan fingerprint density at radius 1 is 0.680 bits per heavy atom. The smallest absolute Gasteiger partial charge is 0.126 e. The number of hydrogen-bond donors (Lipinski definition) is 1. The third-order valence-corrected chi connectivity index (χ3v) is 5.62. The lowest BCUT2D eigenvalue weighted by Crippen LogP contribution is -1.92. The summed E-state index contributed by atoms with van der Waals surface area (Å²) in [6.45, 7) is 4.28. The molecule has 1 heteroatoms. The zero-order valence-electron chi connectivity index (χ0n) is 14.6. The number of phenolic OH excluding ortho intramolecular Hbond substituents is 1. The number of fused-ring (bicyclic) bond motifs is 2. The average Bonchev–Trinajstić information content (AvgIpc) is 2.66. The fourth-order valence-electron chi connectivity index (χ4n) is 4.35. The first-order valence-corrected chi connectivity index (χ1v) is 9.07. The largest absolute Gasteiger partial charge is 0.507 e. The van der Waals surface area contributed by atoms with E-state index in [1.807, 2.05) is 0 Å². The molecule has 5 aromatic rings. The highest BCUT2D eigenvalue weighted by atomic mass is 16.3. The van der Waals surface area contributed by atoms with E-state index in [2.05, 4.69) is 68.4 Å². The van der Waals surface area contributed by atoms with Crippen LogP contribution in [0.2, 0.25) is 0 Å². The summed E-state index contributed by atoms with van der Waals surface area (Å²) in [4.78, 5) is 0. The minimum atomic E-state index is 0.448. The van der Waals surface area contributed by atoms with Gasteiger partial charge in [0.25, 0.3) is 0 Å². The van der Waals surface area contributed by atoms with Crippen molar-refractivity contribution in [2.45, 2.75) is 26.7 Å². The van der Waals surface area contributed by atoms with Crippen LogP contribution in [0, 0.1) is 0 Å². The summed E-state index contributed by atoms with van der Waals surface area (Å²) in [5, 5.41) is 20.8. The summed E-state index contributed by atoms with van der Waals surface area (Å²) in [7, 11) is 0. The van der Waals surface area contributed by atoms with Crippen molar-refractivity contribution in [2.24, 2.45) is 0 Å². The maximum Gasteiger partial charge on any atom is 0.126 e. The topological polar surface area (TPSA) is 20.2 Å². The van der Waals surface area contributed by atoms with Crippen LogP contribution in [0.1, 0.15) is 25.0 Å². The lowest BCUT2D eigenvalue weighted by Gasteiger charge is -2.18. The molecule has 0 unspecified atom stereocenters. The SMILES string of the molecule is CCc1cc2c(O)c(CC)cc3c4cccc5cccc(c(c1)c23)c54. The summed E-state index contributed by atoms with van der Waals surface area (Å²) in [6.07, 6.45) is 1.80. The summed E-state index contributed by atoms with van der Waals surface area (Å²) in [5.41, 5.74) is 2.30. The van der Waals surface area contributed by atoms with Gasteiger partial charge in [-0.25, -0.2) is 0 Å². The van der Waals surface area contributed by atoms with Gasteiger partial charge in [0.05, 0.1) is 0 Å². The molecule has 122 valence electrons. The molecule has 0 amide bonds. The van der Waals surface area contributed by atoms with Crippen LogP contribution in [0.4, 0.5) is 0 Å². The van der Waals surface area contributed by atoms with E-state index in [4.69, 9.17) is 0 Å². The molecule has 0 spiro atoms. The molecule has 0 saturated heterocycles. The maximum atomic E-state index is 10.9. The van der Waals surface area contributed by atoms with Crippen molar-refractivity contribution in [3.63, 3.8) is 0 Å². The van der Waals surface area contributed by atoms with Crippen LogP contribution < -0.4 is 0 Å². The fourth-order valence-corrected chi connectivity index (χ4v) is 4.35. The van der Waals surface area contributed by atoms with Crippen molar-refractivity contribution < 1.29 is 5.11 Å². The van der Waals surface area contributed by atoms with E-state index < -0.39 is 0 Å². The van der Waals surface area contributed by atoms with Gasteiger partial charge in [-0.05, 0) is 68.4 Å². The number of phenols is 1. The monoisotopic (exact) mass is 324 g/mol. The highest BCUT2D eigenvalue weighted by molar-refractivity contribution is 6.33. The minimum Gasteiger partial charge on any atom is -0.507 e. The Kier molecular flexibility index (Phi) is 2.96. The van der Waals surface area contributed by atoms with E-state index in [-0.39, 0.29) is 0 Å². The van der Waals surface area contributed by atoms with E-state index in [0.717, 1.165) is 23.8 Å². The van der Waals surface area contributed by atoms with E-state index in [1.54, 1.807) is 0 Å². The summed E-state index contributed by atoms with van der Waals surface area (Å²) >= 11 is 0. The van der Waals surface area contributed by atoms with Crippen LogP contribution in [0.25, 0.3) is 43.1 Å². The third-order valence-electron chi connectivity index (χ3n) is 5.62. The second kappa shape index (κ2) is 5.10. The second-order valence-electron chi connectivity index (χ2n) is 6.91. The van der Waals surface area contributed by atoms with E-state index >= 15 is 0 Å². The van der Waals surface area contributed by atoms with Crippen LogP contribution >= 0.6 is 0 Å². The zero-order chi connectivity index (χ0) is 17.1. The average molecular weight is 324 g/mol.